The molecule has 1 fully saturated rings. The van der Waals surface area contributed by atoms with Crippen molar-refractivity contribution in [2.75, 3.05) is 11.7 Å². The third kappa shape index (κ3) is 3.47. The fourth-order valence-electron chi connectivity index (χ4n) is 3.38. The van der Waals surface area contributed by atoms with Gasteiger partial charge >= 0.3 is 0 Å². The lowest BCUT2D eigenvalue weighted by atomic mass is 9.98. The summed E-state index contributed by atoms with van der Waals surface area (Å²) in [5, 5.41) is 12.1. The zero-order valence-corrected chi connectivity index (χ0v) is 15.0. The SMILES string of the molecule is OCC1CC(c2ccc(-c3ccccc3)cc2)N(c2cccc(Cl)c2)O1. The molecular formula is C22H20ClNO2. The molecule has 0 aliphatic carbocycles. The van der Waals surface area contributed by atoms with Crippen LogP contribution in [0, 0.1) is 0 Å². The molecule has 2 unspecified atom stereocenters. The zero-order chi connectivity index (χ0) is 17.9. The molecule has 0 radical (unpaired) electrons. The third-order valence-corrected chi connectivity index (χ3v) is 4.94. The average Bonchev–Trinajstić information content (AvgIpc) is 3.13. The first-order valence-electron chi connectivity index (χ1n) is 8.72. The minimum Gasteiger partial charge on any atom is -0.394 e. The molecule has 0 amide bonds. The van der Waals surface area contributed by atoms with Gasteiger partial charge in [0.25, 0.3) is 0 Å². The monoisotopic (exact) mass is 365 g/mol. The van der Waals surface area contributed by atoms with Gasteiger partial charge < -0.3 is 5.11 Å². The van der Waals surface area contributed by atoms with Crippen LogP contribution in [0.25, 0.3) is 11.1 Å². The van der Waals surface area contributed by atoms with E-state index in [0.29, 0.717) is 5.02 Å². The maximum Gasteiger partial charge on any atom is 0.111 e. The summed E-state index contributed by atoms with van der Waals surface area (Å²) < 4.78 is 0. The lowest BCUT2D eigenvalue weighted by Gasteiger charge is -2.25. The van der Waals surface area contributed by atoms with Crippen LogP contribution in [0.4, 0.5) is 5.69 Å². The highest BCUT2D eigenvalue weighted by Gasteiger charge is 2.34. The van der Waals surface area contributed by atoms with E-state index in [-0.39, 0.29) is 18.8 Å². The Morgan fingerprint density at radius 1 is 0.923 bits per heavy atom. The number of hydrogen-bond acceptors (Lipinski definition) is 3. The number of hydrogen-bond donors (Lipinski definition) is 1. The predicted octanol–water partition coefficient (Wildman–Crippen LogP) is 5.25. The lowest BCUT2D eigenvalue weighted by Crippen LogP contribution is -2.22. The van der Waals surface area contributed by atoms with Gasteiger partial charge in [-0.3, -0.25) is 4.84 Å². The van der Waals surface area contributed by atoms with Gasteiger partial charge in [-0.15, -0.1) is 0 Å². The van der Waals surface area contributed by atoms with Crippen molar-refractivity contribution in [3.05, 3.63) is 89.4 Å². The molecule has 1 N–H and O–H groups in total. The molecule has 1 saturated heterocycles. The quantitative estimate of drug-likeness (QED) is 0.685. The van der Waals surface area contributed by atoms with Gasteiger partial charge in [-0.05, 0) is 34.9 Å². The van der Waals surface area contributed by atoms with Crippen LogP contribution in [0.3, 0.4) is 0 Å². The molecule has 0 spiro atoms. The van der Waals surface area contributed by atoms with Crippen molar-refractivity contribution in [3.63, 3.8) is 0 Å². The second-order valence-corrected chi connectivity index (χ2v) is 6.89. The molecule has 4 heteroatoms. The number of anilines is 1. The van der Waals surface area contributed by atoms with E-state index in [9.17, 15) is 5.11 Å². The first-order chi connectivity index (χ1) is 12.7. The molecule has 26 heavy (non-hydrogen) atoms. The van der Waals surface area contributed by atoms with Crippen LogP contribution in [-0.4, -0.2) is 17.8 Å². The van der Waals surface area contributed by atoms with Crippen molar-refractivity contribution in [2.45, 2.75) is 18.6 Å². The number of aliphatic hydroxyl groups is 1. The first-order valence-corrected chi connectivity index (χ1v) is 9.10. The van der Waals surface area contributed by atoms with E-state index in [0.717, 1.165) is 17.7 Å². The molecule has 2 atom stereocenters. The summed E-state index contributed by atoms with van der Waals surface area (Å²) in [5.74, 6) is 0. The van der Waals surface area contributed by atoms with Gasteiger partial charge in [0.1, 0.15) is 6.10 Å². The third-order valence-electron chi connectivity index (χ3n) is 4.70. The van der Waals surface area contributed by atoms with Gasteiger partial charge in [0.15, 0.2) is 0 Å². The fraction of sp³-hybridized carbons (Fsp3) is 0.182. The molecule has 1 aliphatic heterocycles. The Hall–Kier alpha value is -2.33. The summed E-state index contributed by atoms with van der Waals surface area (Å²) in [4.78, 5) is 5.96. The van der Waals surface area contributed by atoms with Crippen LogP contribution >= 0.6 is 11.6 Å². The summed E-state index contributed by atoms with van der Waals surface area (Å²) in [6.45, 7) is -0.00430. The van der Waals surface area contributed by atoms with Gasteiger partial charge in [-0.1, -0.05) is 72.3 Å². The Morgan fingerprint density at radius 2 is 1.65 bits per heavy atom. The lowest BCUT2D eigenvalue weighted by molar-refractivity contribution is 0.0406. The molecule has 132 valence electrons. The summed E-state index contributed by atoms with van der Waals surface area (Å²) in [5.41, 5.74) is 4.43. The van der Waals surface area contributed by atoms with Crippen molar-refractivity contribution in [2.24, 2.45) is 0 Å². The van der Waals surface area contributed by atoms with E-state index < -0.39 is 0 Å². The molecule has 4 rings (SSSR count). The van der Waals surface area contributed by atoms with E-state index >= 15 is 0 Å². The Morgan fingerprint density at radius 3 is 2.35 bits per heavy atom. The summed E-state index contributed by atoms with van der Waals surface area (Å²) >= 11 is 6.14. The highest BCUT2D eigenvalue weighted by molar-refractivity contribution is 6.30. The fourth-order valence-corrected chi connectivity index (χ4v) is 3.57. The molecule has 0 bridgehead atoms. The Labute approximate surface area is 158 Å². The van der Waals surface area contributed by atoms with Crippen LogP contribution in [0.1, 0.15) is 18.0 Å². The molecule has 0 saturated carbocycles. The van der Waals surface area contributed by atoms with E-state index in [1.54, 1.807) is 0 Å². The minimum absolute atomic E-state index is 0.00430. The Bertz CT molecular complexity index is 867. The normalized spacial score (nSPS) is 19.7. The summed E-state index contributed by atoms with van der Waals surface area (Å²) in [6.07, 6.45) is 0.515. The van der Waals surface area contributed by atoms with Crippen molar-refractivity contribution >= 4 is 17.3 Å². The Balaban J connectivity index is 1.64. The summed E-state index contributed by atoms with van der Waals surface area (Å²) in [7, 11) is 0. The van der Waals surface area contributed by atoms with Crippen molar-refractivity contribution in [3.8, 4) is 11.1 Å². The number of benzene rings is 3. The molecule has 1 heterocycles. The van der Waals surface area contributed by atoms with Crippen LogP contribution < -0.4 is 5.06 Å². The largest absolute Gasteiger partial charge is 0.394 e. The van der Waals surface area contributed by atoms with Crippen molar-refractivity contribution in [1.29, 1.82) is 0 Å². The van der Waals surface area contributed by atoms with Gasteiger partial charge in [0, 0.05) is 11.4 Å². The van der Waals surface area contributed by atoms with Gasteiger partial charge in [0.2, 0.25) is 0 Å². The zero-order valence-electron chi connectivity index (χ0n) is 14.3. The van der Waals surface area contributed by atoms with Gasteiger partial charge in [0.05, 0.1) is 18.3 Å². The summed E-state index contributed by atoms with van der Waals surface area (Å²) in [6, 6.07) is 26.5. The molecule has 3 aromatic carbocycles. The molecule has 3 aromatic rings. The van der Waals surface area contributed by atoms with Gasteiger partial charge in [-0.25, -0.2) is 5.06 Å². The molecule has 1 aliphatic rings. The maximum atomic E-state index is 9.57. The second kappa shape index (κ2) is 7.50. The van der Waals surface area contributed by atoms with Gasteiger partial charge in [-0.2, -0.15) is 0 Å². The highest BCUT2D eigenvalue weighted by atomic mass is 35.5. The van der Waals surface area contributed by atoms with Crippen molar-refractivity contribution in [1.82, 2.24) is 0 Å². The number of nitrogens with zero attached hydrogens (tertiary/aromatic N) is 1. The van der Waals surface area contributed by atoms with Crippen LogP contribution in [0.15, 0.2) is 78.9 Å². The predicted molar refractivity (Wildman–Crippen MR) is 105 cm³/mol. The number of halogens is 1. The van der Waals surface area contributed by atoms with Crippen LogP contribution in [0.5, 0.6) is 0 Å². The van der Waals surface area contributed by atoms with Crippen molar-refractivity contribution < 1.29 is 9.94 Å². The molecule has 3 nitrogen and oxygen atoms in total. The van der Waals surface area contributed by atoms with Crippen LogP contribution in [-0.2, 0) is 4.84 Å². The second-order valence-electron chi connectivity index (χ2n) is 6.46. The standard InChI is InChI=1S/C22H20ClNO2/c23-19-7-4-8-20(13-19)24-22(14-21(15-25)26-24)18-11-9-17(10-12-18)16-5-2-1-3-6-16/h1-13,21-22,25H,14-15H2. The van der Waals surface area contributed by atoms with E-state index in [1.165, 1.54) is 11.1 Å². The van der Waals surface area contributed by atoms with E-state index in [2.05, 4.69) is 36.4 Å². The van der Waals surface area contributed by atoms with E-state index in [4.69, 9.17) is 16.4 Å². The number of rotatable bonds is 4. The van der Waals surface area contributed by atoms with Crippen LogP contribution in [0.2, 0.25) is 5.02 Å². The smallest absolute Gasteiger partial charge is 0.111 e. The molecule has 0 aromatic heterocycles. The topological polar surface area (TPSA) is 32.7 Å². The number of hydroxylamine groups is 1. The molecular weight excluding hydrogens is 346 g/mol. The number of aliphatic hydroxyl groups excluding tert-OH is 1. The highest BCUT2D eigenvalue weighted by Crippen LogP contribution is 2.39. The first kappa shape index (κ1) is 17.1. The average molecular weight is 366 g/mol. The van der Waals surface area contributed by atoms with E-state index in [1.807, 2.05) is 47.5 Å². The maximum absolute atomic E-state index is 9.57. The Kier molecular flexibility index (Phi) is 4.93. The minimum atomic E-state index is -0.215.